The number of halogens is 1. The Morgan fingerprint density at radius 2 is 1.80 bits per heavy atom. The second-order valence-corrected chi connectivity index (χ2v) is 6.15. The molecule has 1 N–H and O–H groups in total. The van der Waals surface area contributed by atoms with Crippen molar-refractivity contribution in [2.75, 3.05) is 7.11 Å². The predicted octanol–water partition coefficient (Wildman–Crippen LogP) is 4.29. The fourth-order valence-electron chi connectivity index (χ4n) is 2.14. The molecule has 0 bridgehead atoms. The molecule has 0 heterocycles. The van der Waals surface area contributed by atoms with Crippen molar-refractivity contribution in [1.29, 1.82) is 0 Å². The molecule has 0 amide bonds. The molecule has 0 radical (unpaired) electrons. The molecule has 0 saturated carbocycles. The fourth-order valence-corrected chi connectivity index (χ4v) is 2.50. The van der Waals surface area contributed by atoms with Crippen LogP contribution in [0.4, 0.5) is 0 Å². The number of nitrogens with one attached hydrogen (secondary N) is 1. The van der Waals surface area contributed by atoms with Crippen LogP contribution in [0, 0.1) is 3.57 Å². The first-order valence-corrected chi connectivity index (χ1v) is 7.82. The highest BCUT2D eigenvalue weighted by atomic mass is 127. The molecule has 1 atom stereocenters. The lowest BCUT2D eigenvalue weighted by Gasteiger charge is -2.15. The maximum absolute atomic E-state index is 5.17. The van der Waals surface area contributed by atoms with Gasteiger partial charge in [-0.15, -0.1) is 0 Å². The number of rotatable bonds is 6. The summed E-state index contributed by atoms with van der Waals surface area (Å²) in [6, 6.07) is 17.5. The van der Waals surface area contributed by atoms with E-state index in [0.717, 1.165) is 6.54 Å². The third-order valence-corrected chi connectivity index (χ3v) is 4.00. The number of methoxy groups -OCH3 is 1. The minimum Gasteiger partial charge on any atom is -0.380 e. The van der Waals surface area contributed by atoms with E-state index in [2.05, 4.69) is 83.4 Å². The van der Waals surface area contributed by atoms with Crippen molar-refractivity contribution >= 4 is 22.6 Å². The molecule has 2 aromatic carbocycles. The topological polar surface area (TPSA) is 21.3 Å². The molecule has 20 heavy (non-hydrogen) atoms. The quantitative estimate of drug-likeness (QED) is 0.754. The summed E-state index contributed by atoms with van der Waals surface area (Å²) < 4.78 is 6.44. The average molecular weight is 381 g/mol. The Balaban J connectivity index is 1.94. The van der Waals surface area contributed by atoms with Crippen molar-refractivity contribution in [2.24, 2.45) is 0 Å². The van der Waals surface area contributed by atoms with Crippen molar-refractivity contribution in [1.82, 2.24) is 5.32 Å². The van der Waals surface area contributed by atoms with Crippen molar-refractivity contribution < 1.29 is 4.74 Å². The van der Waals surface area contributed by atoms with E-state index in [9.17, 15) is 0 Å². The van der Waals surface area contributed by atoms with Gasteiger partial charge in [0, 0.05) is 23.3 Å². The van der Waals surface area contributed by atoms with Gasteiger partial charge in [0.1, 0.15) is 0 Å². The summed E-state index contributed by atoms with van der Waals surface area (Å²) in [5.41, 5.74) is 3.82. The summed E-state index contributed by atoms with van der Waals surface area (Å²) in [5, 5.41) is 3.56. The van der Waals surface area contributed by atoms with E-state index < -0.39 is 0 Å². The number of ether oxygens (including phenoxy) is 1. The van der Waals surface area contributed by atoms with E-state index in [1.54, 1.807) is 7.11 Å². The van der Waals surface area contributed by atoms with Crippen molar-refractivity contribution in [2.45, 2.75) is 26.1 Å². The normalized spacial score (nSPS) is 12.3. The predicted molar refractivity (Wildman–Crippen MR) is 91.6 cm³/mol. The summed E-state index contributed by atoms with van der Waals surface area (Å²) in [4.78, 5) is 0. The second-order valence-electron chi connectivity index (χ2n) is 4.91. The largest absolute Gasteiger partial charge is 0.380 e. The molecular weight excluding hydrogens is 361 g/mol. The average Bonchev–Trinajstić information content (AvgIpc) is 2.46. The second kappa shape index (κ2) is 7.76. The summed E-state index contributed by atoms with van der Waals surface area (Å²) in [7, 11) is 1.73. The van der Waals surface area contributed by atoms with Crippen LogP contribution < -0.4 is 5.32 Å². The number of hydrogen-bond acceptors (Lipinski definition) is 2. The van der Waals surface area contributed by atoms with Gasteiger partial charge in [0.15, 0.2) is 0 Å². The van der Waals surface area contributed by atoms with E-state index in [4.69, 9.17) is 4.74 Å². The minimum absolute atomic E-state index is 0.345. The van der Waals surface area contributed by atoms with Crippen molar-refractivity contribution in [3.8, 4) is 0 Å². The minimum atomic E-state index is 0.345. The maximum atomic E-state index is 5.17. The van der Waals surface area contributed by atoms with Crippen LogP contribution in [0.1, 0.15) is 29.7 Å². The summed E-state index contributed by atoms with van der Waals surface area (Å²) in [6.45, 7) is 3.73. The van der Waals surface area contributed by atoms with Gasteiger partial charge in [-0.25, -0.2) is 0 Å². The van der Waals surface area contributed by atoms with Crippen LogP contribution in [0.25, 0.3) is 0 Å². The van der Waals surface area contributed by atoms with E-state index in [0.29, 0.717) is 12.6 Å². The zero-order valence-corrected chi connectivity index (χ0v) is 14.1. The van der Waals surface area contributed by atoms with Crippen LogP contribution in [-0.4, -0.2) is 7.11 Å². The Bertz CT molecular complexity index is 539. The van der Waals surface area contributed by atoms with Gasteiger partial charge < -0.3 is 10.1 Å². The van der Waals surface area contributed by atoms with Crippen LogP contribution in [0.15, 0.2) is 48.5 Å². The third-order valence-electron chi connectivity index (χ3n) is 3.28. The molecule has 0 aliphatic carbocycles. The zero-order valence-electron chi connectivity index (χ0n) is 11.9. The van der Waals surface area contributed by atoms with Gasteiger partial charge in [-0.05, 0) is 58.3 Å². The molecule has 0 spiro atoms. The molecule has 0 saturated heterocycles. The van der Waals surface area contributed by atoms with E-state index >= 15 is 0 Å². The van der Waals surface area contributed by atoms with Crippen LogP contribution in [0.3, 0.4) is 0 Å². The molecule has 106 valence electrons. The highest BCUT2D eigenvalue weighted by molar-refractivity contribution is 14.1. The standard InChI is InChI=1S/C17H20INO/c1-13(16-6-8-17(18)9-7-16)19-11-14-4-3-5-15(10-14)12-20-2/h3-10,13,19H,11-12H2,1-2H3. The first-order valence-electron chi connectivity index (χ1n) is 6.74. The summed E-state index contributed by atoms with van der Waals surface area (Å²) in [6.07, 6.45) is 0. The third kappa shape index (κ3) is 4.58. The highest BCUT2D eigenvalue weighted by Gasteiger charge is 2.05. The Morgan fingerprint density at radius 3 is 2.50 bits per heavy atom. The van der Waals surface area contributed by atoms with Crippen LogP contribution in [0.5, 0.6) is 0 Å². The summed E-state index contributed by atoms with van der Waals surface area (Å²) >= 11 is 2.33. The lowest BCUT2D eigenvalue weighted by atomic mass is 10.1. The molecule has 2 nitrogen and oxygen atoms in total. The Kier molecular flexibility index (Phi) is 6.01. The van der Waals surface area contributed by atoms with E-state index in [-0.39, 0.29) is 0 Å². The molecule has 0 aromatic heterocycles. The van der Waals surface area contributed by atoms with Crippen molar-refractivity contribution in [3.63, 3.8) is 0 Å². The first kappa shape index (κ1) is 15.5. The van der Waals surface area contributed by atoms with Crippen LogP contribution in [-0.2, 0) is 17.9 Å². The Morgan fingerprint density at radius 1 is 1.10 bits per heavy atom. The molecule has 0 aliphatic heterocycles. The van der Waals surface area contributed by atoms with Gasteiger partial charge in [0.2, 0.25) is 0 Å². The lowest BCUT2D eigenvalue weighted by Crippen LogP contribution is -2.18. The fraction of sp³-hybridized carbons (Fsp3) is 0.294. The molecule has 0 fully saturated rings. The highest BCUT2D eigenvalue weighted by Crippen LogP contribution is 2.15. The number of benzene rings is 2. The maximum Gasteiger partial charge on any atom is 0.0713 e. The molecule has 3 heteroatoms. The van der Waals surface area contributed by atoms with Gasteiger partial charge in [0.25, 0.3) is 0 Å². The number of hydrogen-bond donors (Lipinski definition) is 1. The van der Waals surface area contributed by atoms with Crippen molar-refractivity contribution in [3.05, 3.63) is 68.8 Å². The zero-order chi connectivity index (χ0) is 14.4. The van der Waals surface area contributed by atoms with Crippen LogP contribution in [0.2, 0.25) is 0 Å². The smallest absolute Gasteiger partial charge is 0.0713 e. The molecule has 0 aliphatic rings. The molecular formula is C17H20INO. The van der Waals surface area contributed by atoms with E-state index in [1.165, 1.54) is 20.3 Å². The molecule has 1 unspecified atom stereocenters. The van der Waals surface area contributed by atoms with Gasteiger partial charge in [-0.3, -0.25) is 0 Å². The van der Waals surface area contributed by atoms with Gasteiger partial charge in [0.05, 0.1) is 6.61 Å². The van der Waals surface area contributed by atoms with Gasteiger partial charge in [-0.2, -0.15) is 0 Å². The van der Waals surface area contributed by atoms with Gasteiger partial charge >= 0.3 is 0 Å². The van der Waals surface area contributed by atoms with E-state index in [1.807, 2.05) is 0 Å². The van der Waals surface area contributed by atoms with Gasteiger partial charge in [-0.1, -0.05) is 36.4 Å². The lowest BCUT2D eigenvalue weighted by molar-refractivity contribution is 0.185. The molecule has 2 rings (SSSR count). The Hall–Kier alpha value is -0.910. The SMILES string of the molecule is COCc1cccc(CNC(C)c2ccc(I)cc2)c1. The van der Waals surface area contributed by atoms with Crippen LogP contribution >= 0.6 is 22.6 Å². The first-order chi connectivity index (χ1) is 9.69. The summed E-state index contributed by atoms with van der Waals surface area (Å²) in [5.74, 6) is 0. The molecule has 2 aromatic rings. The monoisotopic (exact) mass is 381 g/mol. The Labute approximate surface area is 134 Å².